The van der Waals surface area contributed by atoms with Gasteiger partial charge in [0.25, 0.3) is 0 Å². The van der Waals surface area contributed by atoms with Gasteiger partial charge in [0.2, 0.25) is 0 Å². The molecule has 1 aromatic heterocycles. The zero-order valence-corrected chi connectivity index (χ0v) is 14.5. The Kier molecular flexibility index (Phi) is 5.72. The van der Waals surface area contributed by atoms with Crippen LogP contribution in [0.3, 0.4) is 0 Å². The largest absolute Gasteiger partial charge is 0.492 e. The second-order valence-electron chi connectivity index (χ2n) is 6.07. The number of amides is 2. The maximum atomic E-state index is 12.2. The third kappa shape index (κ3) is 4.86. The fourth-order valence-electron chi connectivity index (χ4n) is 2.80. The summed E-state index contributed by atoms with van der Waals surface area (Å²) in [6.45, 7) is 6.09. The van der Waals surface area contributed by atoms with E-state index in [-0.39, 0.29) is 6.03 Å². The van der Waals surface area contributed by atoms with Crippen LogP contribution in [0.25, 0.3) is 0 Å². The van der Waals surface area contributed by atoms with Gasteiger partial charge >= 0.3 is 6.03 Å². The number of ether oxygens (including phenoxy) is 1. The summed E-state index contributed by atoms with van der Waals surface area (Å²) in [4.78, 5) is 20.4. The summed E-state index contributed by atoms with van der Waals surface area (Å²) in [5, 5.41) is 2.92. The Morgan fingerprint density at radius 1 is 1.08 bits per heavy atom. The van der Waals surface area contributed by atoms with Crippen LogP contribution in [0.5, 0.6) is 5.75 Å². The van der Waals surface area contributed by atoms with Gasteiger partial charge in [-0.2, -0.15) is 0 Å². The van der Waals surface area contributed by atoms with Crippen molar-refractivity contribution in [1.82, 2.24) is 15.2 Å². The Morgan fingerprint density at radius 2 is 1.76 bits per heavy atom. The smallest absolute Gasteiger partial charge is 0.317 e. The molecule has 2 heterocycles. The number of hydrogen-bond donors (Lipinski definition) is 1. The Balaban J connectivity index is 1.36. The summed E-state index contributed by atoms with van der Waals surface area (Å²) in [6.07, 6.45) is 3.59. The molecule has 2 aromatic rings. The number of anilines is 1. The highest BCUT2D eigenvalue weighted by atomic mass is 16.5. The number of aryl methyl sites for hydroxylation is 1. The monoisotopic (exact) mass is 340 g/mol. The molecular formula is C19H24N4O2. The molecule has 6 nitrogen and oxygen atoms in total. The normalized spacial score (nSPS) is 14.3. The molecule has 0 radical (unpaired) electrons. The van der Waals surface area contributed by atoms with Crippen molar-refractivity contribution < 1.29 is 9.53 Å². The van der Waals surface area contributed by atoms with Crippen molar-refractivity contribution in [1.29, 1.82) is 0 Å². The highest BCUT2D eigenvalue weighted by Gasteiger charge is 2.20. The lowest BCUT2D eigenvalue weighted by Gasteiger charge is -2.36. The molecule has 0 bridgehead atoms. The highest BCUT2D eigenvalue weighted by molar-refractivity contribution is 5.74. The van der Waals surface area contributed by atoms with Crippen LogP contribution in [-0.2, 0) is 0 Å². The quantitative estimate of drug-likeness (QED) is 0.849. The summed E-state index contributed by atoms with van der Waals surface area (Å²) in [6, 6.07) is 11.9. The maximum Gasteiger partial charge on any atom is 0.317 e. The van der Waals surface area contributed by atoms with Gasteiger partial charge in [-0.15, -0.1) is 0 Å². The van der Waals surface area contributed by atoms with E-state index < -0.39 is 0 Å². The Bertz CT molecular complexity index is 668. The minimum absolute atomic E-state index is 0.0260. The van der Waals surface area contributed by atoms with E-state index in [1.807, 2.05) is 48.2 Å². The number of carbonyl (C=O) groups excluding carboxylic acids is 1. The molecule has 0 aliphatic carbocycles. The highest BCUT2D eigenvalue weighted by Crippen LogP contribution is 2.14. The molecule has 1 aromatic carbocycles. The van der Waals surface area contributed by atoms with Gasteiger partial charge in [-0.1, -0.05) is 17.7 Å². The number of piperazine rings is 1. The van der Waals surface area contributed by atoms with Crippen molar-refractivity contribution in [3.05, 3.63) is 54.4 Å². The summed E-state index contributed by atoms with van der Waals surface area (Å²) < 4.78 is 5.63. The van der Waals surface area contributed by atoms with Gasteiger partial charge in [0.1, 0.15) is 12.4 Å². The zero-order valence-electron chi connectivity index (χ0n) is 14.5. The van der Waals surface area contributed by atoms with E-state index in [0.29, 0.717) is 26.2 Å². The van der Waals surface area contributed by atoms with E-state index in [1.165, 1.54) is 5.56 Å². The first kappa shape index (κ1) is 17.1. The van der Waals surface area contributed by atoms with E-state index in [4.69, 9.17) is 4.74 Å². The van der Waals surface area contributed by atoms with E-state index in [0.717, 1.165) is 24.5 Å². The number of aromatic nitrogens is 1. The van der Waals surface area contributed by atoms with Crippen molar-refractivity contribution in [3.63, 3.8) is 0 Å². The number of benzene rings is 1. The number of nitrogens with zero attached hydrogens (tertiary/aromatic N) is 3. The van der Waals surface area contributed by atoms with Crippen LogP contribution in [0.4, 0.5) is 10.5 Å². The molecule has 0 spiro atoms. The van der Waals surface area contributed by atoms with Crippen molar-refractivity contribution in [2.24, 2.45) is 0 Å². The average molecular weight is 340 g/mol. The lowest BCUT2D eigenvalue weighted by atomic mass is 10.2. The van der Waals surface area contributed by atoms with Gasteiger partial charge in [0, 0.05) is 44.3 Å². The molecule has 0 saturated carbocycles. The van der Waals surface area contributed by atoms with Crippen LogP contribution in [0, 0.1) is 6.92 Å². The number of urea groups is 1. The third-order valence-corrected chi connectivity index (χ3v) is 4.26. The molecule has 1 aliphatic heterocycles. The maximum absolute atomic E-state index is 12.2. The minimum Gasteiger partial charge on any atom is -0.492 e. The van der Waals surface area contributed by atoms with Crippen LogP contribution < -0.4 is 15.0 Å². The second-order valence-corrected chi connectivity index (χ2v) is 6.07. The first-order valence-corrected chi connectivity index (χ1v) is 8.59. The molecule has 0 atom stereocenters. The van der Waals surface area contributed by atoms with Gasteiger partial charge in [0.05, 0.1) is 6.54 Å². The van der Waals surface area contributed by atoms with Crippen molar-refractivity contribution in [2.75, 3.05) is 44.2 Å². The number of carbonyl (C=O) groups is 1. The van der Waals surface area contributed by atoms with Crippen molar-refractivity contribution in [3.8, 4) is 5.75 Å². The summed E-state index contributed by atoms with van der Waals surface area (Å²) >= 11 is 0. The van der Waals surface area contributed by atoms with Crippen LogP contribution in [0.2, 0.25) is 0 Å². The molecular weight excluding hydrogens is 316 g/mol. The predicted octanol–water partition coefficient (Wildman–Crippen LogP) is 2.30. The number of pyridine rings is 1. The molecule has 1 aliphatic rings. The fourth-order valence-corrected chi connectivity index (χ4v) is 2.80. The topological polar surface area (TPSA) is 57.7 Å². The first-order chi connectivity index (χ1) is 12.2. The number of nitrogens with one attached hydrogen (secondary N) is 1. The summed E-state index contributed by atoms with van der Waals surface area (Å²) in [5.74, 6) is 0.825. The molecule has 2 amide bonds. The van der Waals surface area contributed by atoms with E-state index >= 15 is 0 Å². The zero-order chi connectivity index (χ0) is 17.5. The van der Waals surface area contributed by atoms with Gasteiger partial charge in [-0.3, -0.25) is 4.98 Å². The minimum atomic E-state index is -0.0260. The SMILES string of the molecule is Cc1ccc(OCCNC(=O)N2CCN(c3ccncc3)CC2)cc1. The Hall–Kier alpha value is -2.76. The van der Waals surface area contributed by atoms with Gasteiger partial charge in [-0.25, -0.2) is 4.79 Å². The van der Waals surface area contributed by atoms with E-state index in [2.05, 4.69) is 15.2 Å². The van der Waals surface area contributed by atoms with Crippen LogP contribution >= 0.6 is 0 Å². The van der Waals surface area contributed by atoms with Crippen molar-refractivity contribution in [2.45, 2.75) is 6.92 Å². The van der Waals surface area contributed by atoms with E-state index in [1.54, 1.807) is 12.4 Å². The molecule has 0 unspecified atom stereocenters. The predicted molar refractivity (Wildman–Crippen MR) is 98.1 cm³/mol. The summed E-state index contributed by atoms with van der Waals surface area (Å²) in [7, 11) is 0. The fraction of sp³-hybridized carbons (Fsp3) is 0.368. The lowest BCUT2D eigenvalue weighted by Crippen LogP contribution is -2.52. The van der Waals surface area contributed by atoms with Gasteiger partial charge in [0.15, 0.2) is 0 Å². The lowest BCUT2D eigenvalue weighted by molar-refractivity contribution is 0.191. The second kappa shape index (κ2) is 8.37. The molecule has 1 saturated heterocycles. The Morgan fingerprint density at radius 3 is 2.44 bits per heavy atom. The first-order valence-electron chi connectivity index (χ1n) is 8.59. The molecule has 1 N–H and O–H groups in total. The molecule has 1 fully saturated rings. The van der Waals surface area contributed by atoms with Gasteiger partial charge in [-0.05, 0) is 31.2 Å². The Labute approximate surface area is 148 Å². The van der Waals surface area contributed by atoms with Crippen LogP contribution in [0.15, 0.2) is 48.8 Å². The number of hydrogen-bond acceptors (Lipinski definition) is 4. The molecule has 132 valence electrons. The standard InChI is InChI=1S/C19H24N4O2/c1-16-2-4-18(5-3-16)25-15-10-21-19(24)23-13-11-22(12-14-23)17-6-8-20-9-7-17/h2-9H,10-15H2,1H3,(H,21,24). The number of rotatable bonds is 5. The van der Waals surface area contributed by atoms with Crippen molar-refractivity contribution >= 4 is 11.7 Å². The average Bonchev–Trinajstić information content (AvgIpc) is 2.67. The van der Waals surface area contributed by atoms with Gasteiger partial charge < -0.3 is 19.9 Å². The van der Waals surface area contributed by atoms with Crippen LogP contribution in [-0.4, -0.2) is 55.2 Å². The van der Waals surface area contributed by atoms with E-state index in [9.17, 15) is 4.79 Å². The van der Waals surface area contributed by atoms with Crippen LogP contribution in [0.1, 0.15) is 5.56 Å². The molecule has 3 rings (SSSR count). The summed E-state index contributed by atoms with van der Waals surface area (Å²) in [5.41, 5.74) is 2.35. The molecule has 25 heavy (non-hydrogen) atoms. The molecule has 6 heteroatoms. The third-order valence-electron chi connectivity index (χ3n) is 4.26.